The molecule has 0 spiro atoms. The molecule has 17 heavy (non-hydrogen) atoms. The SMILES string of the molecule is COc1cccc(CNC2CC(C)N(C)C2)c1. The zero-order chi connectivity index (χ0) is 12.3. The van der Waals surface area contributed by atoms with Crippen molar-refractivity contribution in [2.75, 3.05) is 20.7 Å². The number of methoxy groups -OCH3 is 1. The largest absolute Gasteiger partial charge is 0.497 e. The summed E-state index contributed by atoms with van der Waals surface area (Å²) in [5.41, 5.74) is 1.28. The second kappa shape index (κ2) is 5.52. The molecular formula is C14H22N2O. The Bertz CT molecular complexity index is 357. The Morgan fingerprint density at radius 3 is 2.94 bits per heavy atom. The van der Waals surface area contributed by atoms with Gasteiger partial charge in [-0.05, 0) is 38.1 Å². The standard InChI is InChI=1S/C14H22N2O/c1-11-7-13(10-16(11)2)15-9-12-5-4-6-14(8-12)17-3/h4-6,8,11,13,15H,7,9-10H2,1-3H3. The van der Waals surface area contributed by atoms with E-state index in [-0.39, 0.29) is 0 Å². The van der Waals surface area contributed by atoms with E-state index in [1.807, 2.05) is 12.1 Å². The molecule has 0 aliphatic carbocycles. The minimum absolute atomic E-state index is 0.612. The number of hydrogen-bond acceptors (Lipinski definition) is 3. The van der Waals surface area contributed by atoms with Crippen LogP contribution < -0.4 is 10.1 Å². The van der Waals surface area contributed by atoms with Gasteiger partial charge in [0.05, 0.1) is 7.11 Å². The molecule has 2 rings (SSSR count). The molecule has 2 unspecified atom stereocenters. The molecule has 0 radical (unpaired) electrons. The summed E-state index contributed by atoms with van der Waals surface area (Å²) >= 11 is 0. The maximum absolute atomic E-state index is 5.22. The van der Waals surface area contributed by atoms with Crippen LogP contribution in [0.4, 0.5) is 0 Å². The van der Waals surface area contributed by atoms with Gasteiger partial charge in [-0.1, -0.05) is 12.1 Å². The molecule has 1 saturated heterocycles. The molecule has 0 bridgehead atoms. The number of likely N-dealkylation sites (N-methyl/N-ethyl adjacent to an activating group) is 1. The van der Waals surface area contributed by atoms with E-state index in [4.69, 9.17) is 4.74 Å². The van der Waals surface area contributed by atoms with Crippen LogP contribution in [0.5, 0.6) is 5.75 Å². The summed E-state index contributed by atoms with van der Waals surface area (Å²) in [6.07, 6.45) is 1.24. The predicted molar refractivity (Wildman–Crippen MR) is 70.3 cm³/mol. The lowest BCUT2D eigenvalue weighted by atomic mass is 10.1. The molecule has 0 saturated carbocycles. The third kappa shape index (κ3) is 3.20. The van der Waals surface area contributed by atoms with Crippen LogP contribution in [0.2, 0.25) is 0 Å². The third-order valence-electron chi connectivity index (χ3n) is 3.62. The van der Waals surface area contributed by atoms with Crippen molar-refractivity contribution >= 4 is 0 Å². The Labute approximate surface area is 104 Å². The van der Waals surface area contributed by atoms with Gasteiger partial charge in [0.1, 0.15) is 5.75 Å². The molecule has 1 heterocycles. The molecule has 2 atom stereocenters. The summed E-state index contributed by atoms with van der Waals surface area (Å²) in [4.78, 5) is 2.41. The molecule has 1 aromatic carbocycles. The van der Waals surface area contributed by atoms with Crippen molar-refractivity contribution in [2.45, 2.75) is 32.0 Å². The fourth-order valence-corrected chi connectivity index (χ4v) is 2.39. The smallest absolute Gasteiger partial charge is 0.119 e. The summed E-state index contributed by atoms with van der Waals surface area (Å²) < 4.78 is 5.22. The van der Waals surface area contributed by atoms with Gasteiger partial charge in [-0.3, -0.25) is 0 Å². The monoisotopic (exact) mass is 234 g/mol. The molecule has 1 aromatic rings. The van der Waals surface area contributed by atoms with Gasteiger partial charge in [0.2, 0.25) is 0 Å². The molecule has 3 nitrogen and oxygen atoms in total. The van der Waals surface area contributed by atoms with Crippen LogP contribution in [-0.2, 0) is 6.54 Å². The van der Waals surface area contributed by atoms with Crippen molar-refractivity contribution in [1.82, 2.24) is 10.2 Å². The van der Waals surface area contributed by atoms with E-state index in [9.17, 15) is 0 Å². The highest BCUT2D eigenvalue weighted by atomic mass is 16.5. The fourth-order valence-electron chi connectivity index (χ4n) is 2.39. The lowest BCUT2D eigenvalue weighted by molar-refractivity contribution is 0.326. The number of ether oxygens (including phenoxy) is 1. The minimum Gasteiger partial charge on any atom is -0.497 e. The average Bonchev–Trinajstić information content (AvgIpc) is 2.67. The van der Waals surface area contributed by atoms with Crippen molar-refractivity contribution in [3.8, 4) is 5.75 Å². The third-order valence-corrected chi connectivity index (χ3v) is 3.62. The van der Waals surface area contributed by atoms with Crippen molar-refractivity contribution in [2.24, 2.45) is 0 Å². The average molecular weight is 234 g/mol. The topological polar surface area (TPSA) is 24.5 Å². The summed E-state index contributed by atoms with van der Waals surface area (Å²) in [6, 6.07) is 9.56. The molecule has 1 aliphatic rings. The Kier molecular flexibility index (Phi) is 4.02. The van der Waals surface area contributed by atoms with E-state index < -0.39 is 0 Å². The van der Waals surface area contributed by atoms with Crippen LogP contribution in [-0.4, -0.2) is 37.7 Å². The quantitative estimate of drug-likeness (QED) is 0.861. The zero-order valence-electron chi connectivity index (χ0n) is 10.9. The van der Waals surface area contributed by atoms with Gasteiger partial charge in [0, 0.05) is 25.2 Å². The molecular weight excluding hydrogens is 212 g/mol. The predicted octanol–water partition coefficient (Wildman–Crippen LogP) is 1.88. The number of nitrogens with zero attached hydrogens (tertiary/aromatic N) is 1. The normalized spacial score (nSPS) is 25.1. The minimum atomic E-state index is 0.612. The van der Waals surface area contributed by atoms with Gasteiger partial charge in [-0.15, -0.1) is 0 Å². The highest BCUT2D eigenvalue weighted by Crippen LogP contribution is 2.16. The van der Waals surface area contributed by atoms with Gasteiger partial charge in [-0.2, -0.15) is 0 Å². The van der Waals surface area contributed by atoms with E-state index in [1.165, 1.54) is 12.0 Å². The summed E-state index contributed by atoms with van der Waals surface area (Å²) in [5, 5.41) is 3.61. The molecule has 1 fully saturated rings. The van der Waals surface area contributed by atoms with Crippen LogP contribution in [0.1, 0.15) is 18.9 Å². The number of rotatable bonds is 4. The number of hydrogen-bond donors (Lipinski definition) is 1. The van der Waals surface area contributed by atoms with Crippen molar-refractivity contribution in [1.29, 1.82) is 0 Å². The van der Waals surface area contributed by atoms with Gasteiger partial charge in [0.25, 0.3) is 0 Å². The lowest BCUT2D eigenvalue weighted by Crippen LogP contribution is -2.31. The summed E-state index contributed by atoms with van der Waals surface area (Å²) in [6.45, 7) is 4.35. The first-order valence-corrected chi connectivity index (χ1v) is 6.25. The molecule has 3 heteroatoms. The van der Waals surface area contributed by atoms with E-state index in [2.05, 4.69) is 36.3 Å². The second-order valence-electron chi connectivity index (χ2n) is 4.95. The van der Waals surface area contributed by atoms with Crippen LogP contribution in [0.15, 0.2) is 24.3 Å². The molecule has 0 amide bonds. The fraction of sp³-hybridized carbons (Fsp3) is 0.571. The Hall–Kier alpha value is -1.06. The highest BCUT2D eigenvalue weighted by Gasteiger charge is 2.25. The van der Waals surface area contributed by atoms with E-state index in [0.717, 1.165) is 18.8 Å². The maximum Gasteiger partial charge on any atom is 0.119 e. The first-order chi connectivity index (χ1) is 8.19. The van der Waals surface area contributed by atoms with Crippen LogP contribution in [0, 0.1) is 0 Å². The molecule has 1 aliphatic heterocycles. The van der Waals surface area contributed by atoms with Gasteiger partial charge < -0.3 is 15.0 Å². The first-order valence-electron chi connectivity index (χ1n) is 6.25. The number of benzene rings is 1. The number of likely N-dealkylation sites (tertiary alicyclic amines) is 1. The number of nitrogens with one attached hydrogen (secondary N) is 1. The molecule has 1 N–H and O–H groups in total. The summed E-state index contributed by atoms with van der Waals surface area (Å²) in [7, 11) is 3.90. The van der Waals surface area contributed by atoms with Crippen LogP contribution in [0.25, 0.3) is 0 Å². The molecule has 0 aromatic heterocycles. The Balaban J connectivity index is 1.85. The maximum atomic E-state index is 5.22. The van der Waals surface area contributed by atoms with E-state index in [0.29, 0.717) is 12.1 Å². The lowest BCUT2D eigenvalue weighted by Gasteiger charge is -2.13. The van der Waals surface area contributed by atoms with Crippen molar-refractivity contribution < 1.29 is 4.74 Å². The Morgan fingerprint density at radius 2 is 2.29 bits per heavy atom. The van der Waals surface area contributed by atoms with Crippen LogP contribution >= 0.6 is 0 Å². The van der Waals surface area contributed by atoms with Gasteiger partial charge >= 0.3 is 0 Å². The van der Waals surface area contributed by atoms with Gasteiger partial charge in [0.15, 0.2) is 0 Å². The first kappa shape index (κ1) is 12.4. The van der Waals surface area contributed by atoms with Crippen molar-refractivity contribution in [3.05, 3.63) is 29.8 Å². The van der Waals surface area contributed by atoms with E-state index >= 15 is 0 Å². The Morgan fingerprint density at radius 1 is 1.47 bits per heavy atom. The second-order valence-corrected chi connectivity index (χ2v) is 4.95. The van der Waals surface area contributed by atoms with Crippen LogP contribution in [0.3, 0.4) is 0 Å². The highest BCUT2D eigenvalue weighted by molar-refractivity contribution is 5.28. The molecule has 94 valence electrons. The van der Waals surface area contributed by atoms with Gasteiger partial charge in [-0.25, -0.2) is 0 Å². The zero-order valence-corrected chi connectivity index (χ0v) is 10.9. The summed E-state index contributed by atoms with van der Waals surface area (Å²) in [5.74, 6) is 0.932. The van der Waals surface area contributed by atoms with E-state index in [1.54, 1.807) is 7.11 Å². The van der Waals surface area contributed by atoms with Crippen molar-refractivity contribution in [3.63, 3.8) is 0 Å².